The van der Waals surface area contributed by atoms with Gasteiger partial charge in [0.05, 0.1) is 7.11 Å². The van der Waals surface area contributed by atoms with Crippen molar-refractivity contribution in [2.45, 2.75) is 19.4 Å². The van der Waals surface area contributed by atoms with Crippen LogP contribution in [0.1, 0.15) is 35.4 Å². The molecule has 92 valence electrons. The van der Waals surface area contributed by atoms with Crippen LogP contribution in [0.25, 0.3) is 0 Å². The minimum absolute atomic E-state index is 0.133. The van der Waals surface area contributed by atoms with E-state index in [1.54, 1.807) is 6.92 Å². The van der Waals surface area contributed by atoms with Crippen molar-refractivity contribution in [3.8, 4) is 5.75 Å². The monoisotopic (exact) mass is 238 g/mol. The van der Waals surface area contributed by atoms with Gasteiger partial charge < -0.3 is 14.9 Å². The molecule has 0 heterocycles. The third kappa shape index (κ3) is 3.04. The number of carboxylic acid groups (broad SMARTS) is 1. The highest BCUT2D eigenvalue weighted by molar-refractivity contribution is 5.96. The van der Waals surface area contributed by atoms with Crippen LogP contribution in [0.3, 0.4) is 0 Å². The Balaban J connectivity index is 3.22. The zero-order chi connectivity index (χ0) is 13.0. The molecule has 0 saturated heterocycles. The number of aliphatic hydroxyl groups is 1. The van der Waals surface area contributed by atoms with Gasteiger partial charge in [-0.05, 0) is 23.8 Å². The summed E-state index contributed by atoms with van der Waals surface area (Å²) >= 11 is 0. The van der Waals surface area contributed by atoms with Gasteiger partial charge in [0.15, 0.2) is 11.9 Å². The predicted octanol–water partition coefficient (Wildman–Crippen LogP) is 1.41. The van der Waals surface area contributed by atoms with Crippen LogP contribution in [0, 0.1) is 0 Å². The number of Topliss-reactive ketones (excluding diaryl/α,β-unsaturated/α-hetero) is 1. The summed E-state index contributed by atoms with van der Waals surface area (Å²) in [5.74, 6) is -1.16. The van der Waals surface area contributed by atoms with Crippen LogP contribution < -0.4 is 4.74 Å². The Labute approximate surface area is 98.6 Å². The molecule has 0 bridgehead atoms. The first-order chi connectivity index (χ1) is 7.99. The first-order valence-electron chi connectivity index (χ1n) is 5.12. The summed E-state index contributed by atoms with van der Waals surface area (Å²) < 4.78 is 4.96. The summed E-state index contributed by atoms with van der Waals surface area (Å²) in [7, 11) is 1.41. The molecule has 0 spiro atoms. The van der Waals surface area contributed by atoms with Gasteiger partial charge in [0.2, 0.25) is 0 Å². The fourth-order valence-corrected chi connectivity index (χ4v) is 1.41. The third-order valence-electron chi connectivity index (χ3n) is 2.36. The van der Waals surface area contributed by atoms with Crippen molar-refractivity contribution >= 4 is 11.8 Å². The molecule has 2 N–H and O–H groups in total. The average molecular weight is 238 g/mol. The van der Waals surface area contributed by atoms with E-state index in [1.165, 1.54) is 25.3 Å². The zero-order valence-electron chi connectivity index (χ0n) is 9.64. The lowest BCUT2D eigenvalue weighted by Crippen LogP contribution is -2.11. The van der Waals surface area contributed by atoms with E-state index in [1.807, 2.05) is 0 Å². The highest BCUT2D eigenvalue weighted by atomic mass is 16.5. The van der Waals surface area contributed by atoms with Crippen molar-refractivity contribution < 1.29 is 24.5 Å². The van der Waals surface area contributed by atoms with Crippen LogP contribution in [-0.4, -0.2) is 29.1 Å². The van der Waals surface area contributed by atoms with Gasteiger partial charge in [-0.15, -0.1) is 0 Å². The topological polar surface area (TPSA) is 83.8 Å². The molecule has 0 saturated carbocycles. The van der Waals surface area contributed by atoms with Crippen LogP contribution >= 0.6 is 0 Å². The summed E-state index contributed by atoms with van der Waals surface area (Å²) in [5, 5.41) is 18.1. The number of methoxy groups -OCH3 is 1. The molecule has 0 aliphatic heterocycles. The van der Waals surface area contributed by atoms with Crippen LogP contribution in [-0.2, 0) is 4.79 Å². The molecule has 0 radical (unpaired) electrons. The number of ether oxygens (including phenoxy) is 1. The maximum absolute atomic E-state index is 11.5. The zero-order valence-corrected chi connectivity index (χ0v) is 9.64. The van der Waals surface area contributed by atoms with E-state index in [9.17, 15) is 14.7 Å². The van der Waals surface area contributed by atoms with Gasteiger partial charge in [-0.3, -0.25) is 4.79 Å². The molecule has 0 amide bonds. The van der Waals surface area contributed by atoms with Gasteiger partial charge in [-0.25, -0.2) is 4.79 Å². The molecule has 1 aromatic carbocycles. The van der Waals surface area contributed by atoms with E-state index in [2.05, 4.69) is 0 Å². The molecule has 0 fully saturated rings. The van der Waals surface area contributed by atoms with Crippen molar-refractivity contribution in [2.24, 2.45) is 0 Å². The number of hydrogen-bond donors (Lipinski definition) is 2. The Morgan fingerprint density at radius 1 is 1.35 bits per heavy atom. The molecule has 1 aromatic rings. The highest BCUT2D eigenvalue weighted by Crippen LogP contribution is 2.23. The molecule has 5 nitrogen and oxygen atoms in total. The quantitative estimate of drug-likeness (QED) is 0.757. The van der Waals surface area contributed by atoms with Gasteiger partial charge in [-0.2, -0.15) is 0 Å². The van der Waals surface area contributed by atoms with Crippen LogP contribution in [0.4, 0.5) is 0 Å². The smallest absolute Gasteiger partial charge is 0.337 e. The van der Waals surface area contributed by atoms with Crippen molar-refractivity contribution in [3.63, 3.8) is 0 Å². The second-order valence-electron chi connectivity index (χ2n) is 3.51. The first-order valence-corrected chi connectivity index (χ1v) is 5.12. The average Bonchev–Trinajstić information content (AvgIpc) is 2.35. The van der Waals surface area contributed by atoms with Crippen LogP contribution in [0.2, 0.25) is 0 Å². The third-order valence-corrected chi connectivity index (χ3v) is 2.36. The van der Waals surface area contributed by atoms with Gasteiger partial charge in [-0.1, -0.05) is 6.92 Å². The van der Waals surface area contributed by atoms with Gasteiger partial charge >= 0.3 is 5.97 Å². The second kappa shape index (κ2) is 5.45. The lowest BCUT2D eigenvalue weighted by molar-refractivity contribution is -0.146. The van der Waals surface area contributed by atoms with E-state index in [-0.39, 0.29) is 11.3 Å². The first kappa shape index (κ1) is 13.2. The summed E-state index contributed by atoms with van der Waals surface area (Å²) in [4.78, 5) is 22.2. The molecular formula is C12H14O5. The molecular weight excluding hydrogens is 224 g/mol. The van der Waals surface area contributed by atoms with E-state index in [4.69, 9.17) is 9.84 Å². The number of benzene rings is 1. The molecule has 0 aromatic heterocycles. The summed E-state index contributed by atoms with van der Waals surface area (Å²) in [5.41, 5.74) is 0.468. The predicted molar refractivity (Wildman–Crippen MR) is 60.2 cm³/mol. The molecule has 0 aliphatic carbocycles. The minimum atomic E-state index is -1.66. The van der Waals surface area contributed by atoms with Crippen LogP contribution in [0.15, 0.2) is 18.2 Å². The fraction of sp³-hybridized carbons (Fsp3) is 0.333. The molecule has 1 atom stereocenters. The van der Waals surface area contributed by atoms with E-state index in [0.29, 0.717) is 17.7 Å². The fourth-order valence-electron chi connectivity index (χ4n) is 1.41. The van der Waals surface area contributed by atoms with E-state index in [0.717, 1.165) is 0 Å². The van der Waals surface area contributed by atoms with Gasteiger partial charge in [0.25, 0.3) is 0 Å². The molecule has 1 unspecified atom stereocenters. The van der Waals surface area contributed by atoms with E-state index >= 15 is 0 Å². The Hall–Kier alpha value is -1.88. The maximum Gasteiger partial charge on any atom is 0.337 e. The lowest BCUT2D eigenvalue weighted by atomic mass is 10.0. The summed E-state index contributed by atoms with van der Waals surface area (Å²) in [6.07, 6.45) is -1.36. The highest BCUT2D eigenvalue weighted by Gasteiger charge is 2.18. The van der Waals surface area contributed by atoms with Crippen molar-refractivity contribution in [3.05, 3.63) is 29.3 Å². The van der Waals surface area contributed by atoms with Gasteiger partial charge in [0.1, 0.15) is 5.75 Å². The molecule has 17 heavy (non-hydrogen) atoms. The Morgan fingerprint density at radius 2 is 2.00 bits per heavy atom. The number of ketones is 1. The number of hydrogen-bond acceptors (Lipinski definition) is 4. The Bertz CT molecular complexity index is 439. The number of carboxylic acids is 1. The van der Waals surface area contributed by atoms with E-state index < -0.39 is 12.1 Å². The standard InChI is InChI=1S/C12H14O5/c1-3-10(13)7-4-8(11(14)12(15)16)6-9(5-7)17-2/h4-6,11,14H,3H2,1-2H3,(H,15,16). The molecule has 0 aliphatic rings. The Morgan fingerprint density at radius 3 is 2.47 bits per heavy atom. The number of aliphatic carboxylic acids is 1. The molecule has 5 heteroatoms. The number of carbonyl (C=O) groups is 2. The summed E-state index contributed by atoms with van der Waals surface area (Å²) in [6, 6.07) is 4.28. The normalized spacial score (nSPS) is 11.9. The summed E-state index contributed by atoms with van der Waals surface area (Å²) in [6.45, 7) is 1.70. The van der Waals surface area contributed by atoms with Crippen molar-refractivity contribution in [2.75, 3.05) is 7.11 Å². The van der Waals surface area contributed by atoms with Crippen molar-refractivity contribution in [1.82, 2.24) is 0 Å². The van der Waals surface area contributed by atoms with Gasteiger partial charge in [0, 0.05) is 12.0 Å². The van der Waals surface area contributed by atoms with Crippen LogP contribution in [0.5, 0.6) is 5.75 Å². The minimum Gasteiger partial charge on any atom is -0.497 e. The SMILES string of the molecule is CCC(=O)c1cc(OC)cc(C(O)C(=O)O)c1. The van der Waals surface area contributed by atoms with Crippen molar-refractivity contribution in [1.29, 1.82) is 0 Å². The second-order valence-corrected chi connectivity index (χ2v) is 3.51. The largest absolute Gasteiger partial charge is 0.497 e. The number of aliphatic hydroxyl groups excluding tert-OH is 1. The lowest BCUT2D eigenvalue weighted by Gasteiger charge is -2.10. The number of rotatable bonds is 5. The maximum atomic E-state index is 11.5. The number of carbonyl (C=O) groups excluding carboxylic acids is 1. The Kier molecular flexibility index (Phi) is 4.23. The molecule has 1 rings (SSSR count).